The molecule has 0 fully saturated rings. The van der Waals surface area contributed by atoms with Crippen LogP contribution < -0.4 is 0 Å². The Morgan fingerprint density at radius 3 is 1.12 bits per heavy atom. The highest BCUT2D eigenvalue weighted by molar-refractivity contribution is 5.71. The third-order valence-electron chi connectivity index (χ3n) is 10.1. The molecule has 60 heavy (non-hydrogen) atoms. The van der Waals surface area contributed by atoms with E-state index in [0.717, 1.165) is 89.9 Å². The fraction of sp³-hybridized carbons (Fsp3) is 0.685. The van der Waals surface area contributed by atoms with Gasteiger partial charge in [0.05, 0.1) is 0 Å². The fourth-order valence-electron chi connectivity index (χ4n) is 6.46. The second-order valence-electron chi connectivity index (χ2n) is 16.0. The van der Waals surface area contributed by atoms with Gasteiger partial charge in [-0.2, -0.15) is 0 Å². The van der Waals surface area contributed by atoms with Crippen LogP contribution in [0.25, 0.3) is 0 Å². The van der Waals surface area contributed by atoms with Gasteiger partial charge in [-0.3, -0.25) is 14.4 Å². The van der Waals surface area contributed by atoms with Crippen molar-refractivity contribution in [2.75, 3.05) is 13.2 Å². The minimum Gasteiger partial charge on any atom is -0.462 e. The largest absolute Gasteiger partial charge is 0.462 e. The Kier molecular flexibility index (Phi) is 45.5. The van der Waals surface area contributed by atoms with Crippen LogP contribution in [0.15, 0.2) is 85.1 Å². The van der Waals surface area contributed by atoms with E-state index in [4.69, 9.17) is 14.2 Å². The van der Waals surface area contributed by atoms with Gasteiger partial charge in [0.2, 0.25) is 0 Å². The summed E-state index contributed by atoms with van der Waals surface area (Å²) in [6.07, 6.45) is 61.5. The van der Waals surface area contributed by atoms with Crippen molar-refractivity contribution in [1.82, 2.24) is 0 Å². The summed E-state index contributed by atoms with van der Waals surface area (Å²) in [6, 6.07) is 0. The van der Waals surface area contributed by atoms with Crippen molar-refractivity contribution in [1.29, 1.82) is 0 Å². The van der Waals surface area contributed by atoms with E-state index in [1.165, 1.54) is 83.5 Å². The average Bonchev–Trinajstić information content (AvgIpc) is 3.24. The van der Waals surface area contributed by atoms with Crippen LogP contribution in [0.5, 0.6) is 0 Å². The summed E-state index contributed by atoms with van der Waals surface area (Å²) >= 11 is 0. The lowest BCUT2D eigenvalue weighted by Crippen LogP contribution is -2.30. The average molecular weight is 835 g/mol. The summed E-state index contributed by atoms with van der Waals surface area (Å²) in [5.74, 6) is -1.01. The van der Waals surface area contributed by atoms with Crippen LogP contribution in [0, 0.1) is 0 Å². The van der Waals surface area contributed by atoms with Crippen molar-refractivity contribution < 1.29 is 28.6 Å². The van der Waals surface area contributed by atoms with E-state index in [0.29, 0.717) is 19.3 Å². The highest BCUT2D eigenvalue weighted by Crippen LogP contribution is 2.13. The first kappa shape index (κ1) is 56.6. The summed E-state index contributed by atoms with van der Waals surface area (Å²) < 4.78 is 16.7. The maximum Gasteiger partial charge on any atom is 0.306 e. The molecule has 0 aromatic heterocycles. The predicted molar refractivity (Wildman–Crippen MR) is 256 cm³/mol. The number of carbonyl (C=O) groups excluding carboxylic acids is 3. The van der Waals surface area contributed by atoms with Crippen LogP contribution >= 0.6 is 0 Å². The molecule has 0 aliphatic heterocycles. The molecule has 0 aliphatic rings. The number of hydrogen-bond donors (Lipinski definition) is 0. The number of ether oxygens (including phenoxy) is 3. The Morgan fingerprint density at radius 2 is 0.683 bits per heavy atom. The minimum absolute atomic E-state index is 0.102. The van der Waals surface area contributed by atoms with E-state index >= 15 is 0 Å². The van der Waals surface area contributed by atoms with Gasteiger partial charge in [-0.25, -0.2) is 0 Å². The zero-order chi connectivity index (χ0) is 43.7. The number of hydrogen-bond acceptors (Lipinski definition) is 6. The normalized spacial score (nSPS) is 12.8. The molecule has 6 heteroatoms. The van der Waals surface area contributed by atoms with E-state index in [1.54, 1.807) is 0 Å². The van der Waals surface area contributed by atoms with Gasteiger partial charge in [0, 0.05) is 19.3 Å². The molecule has 0 heterocycles. The zero-order valence-corrected chi connectivity index (χ0v) is 38.9. The topological polar surface area (TPSA) is 78.9 Å². The molecule has 0 N–H and O–H groups in total. The lowest BCUT2D eigenvalue weighted by molar-refractivity contribution is -0.166. The Bertz CT molecular complexity index is 1190. The summed E-state index contributed by atoms with van der Waals surface area (Å²) in [5.41, 5.74) is 0. The van der Waals surface area contributed by atoms with Crippen molar-refractivity contribution in [3.05, 3.63) is 85.1 Å². The highest BCUT2D eigenvalue weighted by Gasteiger charge is 2.19. The minimum atomic E-state index is -0.808. The Morgan fingerprint density at radius 1 is 0.350 bits per heavy atom. The van der Waals surface area contributed by atoms with E-state index in [-0.39, 0.29) is 37.5 Å². The molecule has 0 saturated heterocycles. The van der Waals surface area contributed by atoms with Crippen LogP contribution in [0.4, 0.5) is 0 Å². The molecule has 0 aromatic rings. The molecule has 0 amide bonds. The molecule has 0 spiro atoms. The van der Waals surface area contributed by atoms with Gasteiger partial charge in [-0.05, 0) is 83.5 Å². The van der Waals surface area contributed by atoms with Crippen LogP contribution in [-0.2, 0) is 28.6 Å². The van der Waals surface area contributed by atoms with Gasteiger partial charge in [-0.1, -0.05) is 202 Å². The highest BCUT2D eigenvalue weighted by atomic mass is 16.6. The van der Waals surface area contributed by atoms with Gasteiger partial charge < -0.3 is 14.2 Å². The molecular formula is C54H90O6. The second-order valence-corrected chi connectivity index (χ2v) is 16.0. The van der Waals surface area contributed by atoms with Gasteiger partial charge in [0.15, 0.2) is 6.10 Å². The Balaban J connectivity index is 4.47. The first-order valence-corrected chi connectivity index (χ1v) is 24.6. The standard InChI is InChI=1S/C54H90O6/c1-4-7-10-13-16-19-21-23-25-26-27-28-29-31-32-35-38-41-44-47-53(56)59-50-51(49-58-52(55)46-43-40-37-34-18-15-12-9-6-3)60-54(57)48-45-42-39-36-33-30-24-22-20-17-14-11-8-5-2/h7,10,16,19,22-25,27-28,31-32,38,41,51H,4-6,8-9,11-15,17-18,20-21,26,29-30,33-37,39-40,42-50H2,1-3H3/b10-7-,19-16-,24-22-,25-23-,28-27-,32-31-,41-38-. The Hall–Kier alpha value is -3.41. The van der Waals surface area contributed by atoms with Crippen molar-refractivity contribution in [2.45, 2.75) is 226 Å². The lowest BCUT2D eigenvalue weighted by atomic mass is 10.1. The predicted octanol–water partition coefficient (Wildman–Crippen LogP) is 16.0. The SMILES string of the molecule is CC/C=C\C/C=C\C/C=C\C/C=C\C/C=C\C/C=C\CCC(=O)OCC(COC(=O)CCCCCCCCCCC)OC(=O)CCCCCCC/C=C\CCCCCCC. The number of allylic oxidation sites excluding steroid dienone is 14. The first-order chi connectivity index (χ1) is 29.5. The van der Waals surface area contributed by atoms with Crippen molar-refractivity contribution in [3.63, 3.8) is 0 Å². The second kappa shape index (κ2) is 48.3. The first-order valence-electron chi connectivity index (χ1n) is 24.6. The van der Waals surface area contributed by atoms with Crippen molar-refractivity contribution >= 4 is 17.9 Å². The fourth-order valence-corrected chi connectivity index (χ4v) is 6.46. The maximum atomic E-state index is 12.7. The summed E-state index contributed by atoms with van der Waals surface area (Å²) in [7, 11) is 0. The summed E-state index contributed by atoms with van der Waals surface area (Å²) in [6.45, 7) is 6.41. The molecule has 0 aromatic carbocycles. The van der Waals surface area contributed by atoms with Crippen LogP contribution in [-0.4, -0.2) is 37.2 Å². The van der Waals surface area contributed by atoms with E-state index in [1.807, 2.05) is 12.2 Å². The molecule has 0 radical (unpaired) electrons. The van der Waals surface area contributed by atoms with Crippen molar-refractivity contribution in [2.24, 2.45) is 0 Å². The molecule has 1 atom stereocenters. The molecule has 0 aliphatic carbocycles. The smallest absolute Gasteiger partial charge is 0.306 e. The quantitative estimate of drug-likeness (QED) is 0.0263. The lowest BCUT2D eigenvalue weighted by Gasteiger charge is -2.18. The molecule has 1 unspecified atom stereocenters. The van der Waals surface area contributed by atoms with Gasteiger partial charge in [0.1, 0.15) is 13.2 Å². The third kappa shape index (κ3) is 45.7. The van der Waals surface area contributed by atoms with Crippen LogP contribution in [0.3, 0.4) is 0 Å². The zero-order valence-electron chi connectivity index (χ0n) is 38.9. The van der Waals surface area contributed by atoms with E-state index < -0.39 is 6.10 Å². The third-order valence-corrected chi connectivity index (χ3v) is 10.1. The van der Waals surface area contributed by atoms with Gasteiger partial charge in [0.25, 0.3) is 0 Å². The summed E-state index contributed by atoms with van der Waals surface area (Å²) in [4.78, 5) is 37.8. The maximum absolute atomic E-state index is 12.7. The van der Waals surface area contributed by atoms with Crippen LogP contribution in [0.2, 0.25) is 0 Å². The number of rotatable bonds is 43. The molecular weight excluding hydrogens is 745 g/mol. The van der Waals surface area contributed by atoms with Crippen molar-refractivity contribution in [3.8, 4) is 0 Å². The van der Waals surface area contributed by atoms with Gasteiger partial charge >= 0.3 is 17.9 Å². The molecule has 0 bridgehead atoms. The van der Waals surface area contributed by atoms with Crippen LogP contribution in [0.1, 0.15) is 220 Å². The Labute approximate surface area is 369 Å². The molecule has 0 rings (SSSR count). The molecule has 0 saturated carbocycles. The van der Waals surface area contributed by atoms with Gasteiger partial charge in [-0.15, -0.1) is 0 Å². The van der Waals surface area contributed by atoms with E-state index in [9.17, 15) is 14.4 Å². The molecule has 6 nitrogen and oxygen atoms in total. The number of unbranched alkanes of at least 4 members (excludes halogenated alkanes) is 18. The number of esters is 3. The number of carbonyl (C=O) groups is 3. The van der Waals surface area contributed by atoms with E-state index in [2.05, 4.69) is 93.7 Å². The monoisotopic (exact) mass is 835 g/mol. The molecule has 342 valence electrons. The summed E-state index contributed by atoms with van der Waals surface area (Å²) in [5, 5.41) is 0.